The van der Waals surface area contributed by atoms with Gasteiger partial charge in [-0.1, -0.05) is 126 Å². The number of allylic oxidation sites excluding steroid dienone is 3. The number of carbonyl (C=O) groups excluding carboxylic acids is 1. The molecule has 0 heterocycles. The standard InChI is InChI=1S/C17H21ClO.C11H14.2C2H6.C2H2/c1-2-11-17(12-5-6-13-17)16(19)10-9-14-7-3-4-8-15(14)18;1-4-10-5-7-11(8-6-10)9(2)3;3*1-2/h3-8H,2,9-13H2,1H3;5-8H,2,4H2,1,3H3;2*1-2H3;1-2H. The highest BCUT2D eigenvalue weighted by Crippen LogP contribution is 2.40. The molecule has 2 heteroatoms. The number of rotatable bonds is 8. The van der Waals surface area contributed by atoms with Gasteiger partial charge in [-0.2, -0.15) is 0 Å². The second-order valence-electron chi connectivity index (χ2n) is 8.26. The van der Waals surface area contributed by atoms with Crippen LogP contribution >= 0.6 is 11.6 Å². The van der Waals surface area contributed by atoms with Crippen LogP contribution < -0.4 is 0 Å². The molecule has 0 fully saturated rings. The van der Waals surface area contributed by atoms with E-state index in [1.165, 1.54) is 11.1 Å². The first kappa shape index (κ1) is 35.6. The van der Waals surface area contributed by atoms with E-state index in [0.717, 1.165) is 54.7 Å². The zero-order chi connectivity index (χ0) is 28.0. The van der Waals surface area contributed by atoms with Crippen molar-refractivity contribution in [3.05, 3.63) is 89.0 Å². The summed E-state index contributed by atoms with van der Waals surface area (Å²) in [5, 5.41) is 0.768. The Kier molecular flexibility index (Phi) is 21.5. The Hall–Kier alpha value is -2.56. The lowest BCUT2D eigenvalue weighted by Crippen LogP contribution is -2.28. The number of aryl methyl sites for hydroxylation is 2. The topological polar surface area (TPSA) is 17.1 Å². The van der Waals surface area contributed by atoms with E-state index < -0.39 is 0 Å². The Morgan fingerprint density at radius 2 is 1.47 bits per heavy atom. The zero-order valence-electron chi connectivity index (χ0n) is 23.9. The van der Waals surface area contributed by atoms with Crippen molar-refractivity contribution in [3.63, 3.8) is 0 Å². The van der Waals surface area contributed by atoms with Crippen LogP contribution in [0.4, 0.5) is 0 Å². The van der Waals surface area contributed by atoms with E-state index in [4.69, 9.17) is 11.6 Å². The van der Waals surface area contributed by atoms with E-state index in [9.17, 15) is 4.79 Å². The lowest BCUT2D eigenvalue weighted by atomic mass is 9.75. The molecule has 3 rings (SSSR count). The SMILES string of the molecule is C#C.C=C(C)c1ccc(CC)cc1.CC.CC.CCCC1(C(=O)CCc2ccccc2Cl)CC=CC1. The van der Waals surface area contributed by atoms with Gasteiger partial charge in [0.25, 0.3) is 0 Å². The molecule has 1 aliphatic rings. The average Bonchev–Trinajstić information content (AvgIpc) is 3.42. The summed E-state index contributed by atoms with van der Waals surface area (Å²) in [5.74, 6) is 0.402. The molecular formula is C34H49ClO. The maximum atomic E-state index is 12.6. The lowest BCUT2D eigenvalue weighted by molar-refractivity contribution is -0.128. The van der Waals surface area contributed by atoms with Crippen LogP contribution in [0.2, 0.25) is 5.02 Å². The lowest BCUT2D eigenvalue weighted by Gasteiger charge is -2.27. The molecule has 198 valence electrons. The minimum Gasteiger partial charge on any atom is -0.299 e. The van der Waals surface area contributed by atoms with E-state index in [-0.39, 0.29) is 5.41 Å². The van der Waals surface area contributed by atoms with Crippen LogP contribution in [0.3, 0.4) is 0 Å². The second-order valence-corrected chi connectivity index (χ2v) is 8.66. The molecule has 0 aliphatic heterocycles. The average molecular weight is 509 g/mol. The van der Waals surface area contributed by atoms with E-state index in [1.54, 1.807) is 0 Å². The molecule has 0 bridgehead atoms. The van der Waals surface area contributed by atoms with Crippen LogP contribution in [0.25, 0.3) is 5.57 Å². The van der Waals surface area contributed by atoms with Crippen LogP contribution in [0.1, 0.15) is 97.3 Å². The fourth-order valence-electron chi connectivity index (χ4n) is 3.99. The van der Waals surface area contributed by atoms with Crippen molar-refractivity contribution in [3.8, 4) is 12.8 Å². The Morgan fingerprint density at radius 3 is 1.92 bits per heavy atom. The van der Waals surface area contributed by atoms with Gasteiger partial charge in [0, 0.05) is 16.9 Å². The summed E-state index contributed by atoms with van der Waals surface area (Å²) >= 11 is 6.14. The number of benzene rings is 2. The van der Waals surface area contributed by atoms with Gasteiger partial charge in [-0.25, -0.2) is 0 Å². The summed E-state index contributed by atoms with van der Waals surface area (Å²) in [6, 6.07) is 16.4. The Balaban J connectivity index is 0. The largest absolute Gasteiger partial charge is 0.299 e. The fourth-order valence-corrected chi connectivity index (χ4v) is 4.22. The second kappa shape index (κ2) is 21.7. The van der Waals surface area contributed by atoms with Gasteiger partial charge in [-0.05, 0) is 61.8 Å². The first-order chi connectivity index (χ1) is 17.4. The smallest absolute Gasteiger partial charge is 0.139 e. The van der Waals surface area contributed by atoms with Gasteiger partial charge in [-0.15, -0.1) is 12.8 Å². The van der Waals surface area contributed by atoms with Crippen molar-refractivity contribution in [2.45, 2.75) is 93.4 Å². The van der Waals surface area contributed by atoms with Gasteiger partial charge in [0.05, 0.1) is 0 Å². The molecule has 36 heavy (non-hydrogen) atoms. The van der Waals surface area contributed by atoms with Gasteiger partial charge in [-0.3, -0.25) is 4.79 Å². The Bertz CT molecular complexity index is 894. The summed E-state index contributed by atoms with van der Waals surface area (Å²) < 4.78 is 0. The number of hydrogen-bond donors (Lipinski definition) is 0. The molecule has 0 saturated heterocycles. The number of carbonyl (C=O) groups is 1. The number of halogens is 1. The fraction of sp³-hybridized carbons (Fsp3) is 0.441. The predicted molar refractivity (Wildman–Crippen MR) is 164 cm³/mol. The third kappa shape index (κ3) is 12.4. The maximum Gasteiger partial charge on any atom is 0.139 e. The minimum absolute atomic E-state index is 0.115. The molecular weight excluding hydrogens is 460 g/mol. The molecule has 1 aliphatic carbocycles. The zero-order valence-corrected chi connectivity index (χ0v) is 24.6. The van der Waals surface area contributed by atoms with Crippen LogP contribution in [-0.4, -0.2) is 5.78 Å². The molecule has 0 aromatic heterocycles. The Morgan fingerprint density at radius 1 is 0.944 bits per heavy atom. The highest BCUT2D eigenvalue weighted by Gasteiger charge is 2.36. The van der Waals surface area contributed by atoms with Crippen molar-refractivity contribution < 1.29 is 4.79 Å². The van der Waals surface area contributed by atoms with E-state index >= 15 is 0 Å². The quantitative estimate of drug-likeness (QED) is 0.256. The molecule has 0 saturated carbocycles. The maximum absolute atomic E-state index is 12.6. The van der Waals surface area contributed by atoms with Crippen LogP contribution in [0.15, 0.2) is 67.3 Å². The van der Waals surface area contributed by atoms with Crippen molar-refractivity contribution in [2.24, 2.45) is 5.41 Å². The van der Waals surface area contributed by atoms with Gasteiger partial charge < -0.3 is 0 Å². The molecule has 1 nitrogen and oxygen atoms in total. The summed E-state index contributed by atoms with van der Waals surface area (Å²) in [6.45, 7) is 18.2. The first-order valence-electron chi connectivity index (χ1n) is 13.4. The van der Waals surface area contributed by atoms with Gasteiger partial charge in [0.15, 0.2) is 0 Å². The summed E-state index contributed by atoms with van der Waals surface area (Å²) in [5.41, 5.74) is 4.72. The monoisotopic (exact) mass is 508 g/mol. The third-order valence-corrected chi connectivity index (χ3v) is 6.31. The normalized spacial score (nSPS) is 12.2. The number of hydrogen-bond acceptors (Lipinski definition) is 1. The Labute approximate surface area is 228 Å². The third-order valence-electron chi connectivity index (χ3n) is 5.94. The number of terminal acetylenes is 1. The first-order valence-corrected chi connectivity index (χ1v) is 13.8. The summed E-state index contributed by atoms with van der Waals surface area (Å²) in [4.78, 5) is 12.6. The molecule has 0 radical (unpaired) electrons. The van der Waals surface area contributed by atoms with E-state index in [0.29, 0.717) is 12.2 Å². The molecule has 0 atom stereocenters. The minimum atomic E-state index is -0.115. The molecule has 2 aromatic carbocycles. The van der Waals surface area contributed by atoms with E-state index in [1.807, 2.05) is 58.9 Å². The van der Waals surface area contributed by atoms with Gasteiger partial charge in [0.2, 0.25) is 0 Å². The molecule has 0 N–H and O–H groups in total. The highest BCUT2D eigenvalue weighted by molar-refractivity contribution is 6.31. The molecule has 2 aromatic rings. The molecule has 0 unspecified atom stereocenters. The van der Waals surface area contributed by atoms with Gasteiger partial charge >= 0.3 is 0 Å². The predicted octanol–water partition coefficient (Wildman–Crippen LogP) is 10.6. The molecule has 0 amide bonds. The van der Waals surface area contributed by atoms with E-state index in [2.05, 4.69) is 69.7 Å². The highest BCUT2D eigenvalue weighted by atomic mass is 35.5. The summed E-state index contributed by atoms with van der Waals surface area (Å²) in [6.07, 6.45) is 18.7. The van der Waals surface area contributed by atoms with Crippen LogP contribution in [-0.2, 0) is 17.6 Å². The summed E-state index contributed by atoms with van der Waals surface area (Å²) in [7, 11) is 0. The van der Waals surface area contributed by atoms with Crippen molar-refractivity contribution in [2.75, 3.05) is 0 Å². The van der Waals surface area contributed by atoms with Gasteiger partial charge in [0.1, 0.15) is 5.78 Å². The number of Topliss-reactive ketones (excluding diaryl/α,β-unsaturated/α-hetero) is 1. The van der Waals surface area contributed by atoms with Crippen molar-refractivity contribution >= 4 is 23.0 Å². The van der Waals surface area contributed by atoms with Crippen molar-refractivity contribution in [1.82, 2.24) is 0 Å². The van der Waals surface area contributed by atoms with Crippen LogP contribution in [0, 0.1) is 18.3 Å². The number of ketones is 1. The van der Waals surface area contributed by atoms with Crippen LogP contribution in [0.5, 0.6) is 0 Å². The molecule has 0 spiro atoms. The van der Waals surface area contributed by atoms with Crippen molar-refractivity contribution in [1.29, 1.82) is 0 Å².